The Hall–Kier alpha value is -2.30. The van der Waals surface area contributed by atoms with Gasteiger partial charge in [-0.15, -0.1) is 0 Å². The molecule has 20 heavy (non-hydrogen) atoms. The lowest BCUT2D eigenvalue weighted by atomic mass is 10.1. The van der Waals surface area contributed by atoms with E-state index in [2.05, 4.69) is 10.5 Å². The summed E-state index contributed by atoms with van der Waals surface area (Å²) in [6.07, 6.45) is 0. The molecule has 1 N–H and O–H groups in total. The molecule has 0 radical (unpaired) electrons. The maximum Gasteiger partial charge on any atom is 0.257 e. The average molecular weight is 274 g/mol. The summed E-state index contributed by atoms with van der Waals surface area (Å²) in [5.41, 5.74) is 2.01. The van der Waals surface area contributed by atoms with E-state index in [0.717, 1.165) is 11.3 Å². The maximum absolute atomic E-state index is 12.3. The van der Waals surface area contributed by atoms with E-state index in [1.807, 2.05) is 31.2 Å². The van der Waals surface area contributed by atoms with Gasteiger partial charge in [0, 0.05) is 5.56 Å². The third-order valence-corrected chi connectivity index (χ3v) is 3.21. The number of hydrogen-bond donors (Lipinski definition) is 1. The largest absolute Gasteiger partial charge is 0.496 e. The summed E-state index contributed by atoms with van der Waals surface area (Å²) in [4.78, 5) is 12.3. The Kier molecular flexibility index (Phi) is 4.08. The Morgan fingerprint density at radius 3 is 2.65 bits per heavy atom. The number of hydrogen-bond acceptors (Lipinski definition) is 4. The number of aryl methyl sites for hydroxylation is 2. The molecule has 5 heteroatoms. The number of nitrogens with one attached hydrogen (secondary N) is 1. The van der Waals surface area contributed by atoms with E-state index in [1.54, 1.807) is 21.0 Å². The molecule has 0 saturated heterocycles. The quantitative estimate of drug-likeness (QED) is 0.931. The monoisotopic (exact) mass is 274 g/mol. The van der Waals surface area contributed by atoms with Crippen LogP contribution in [-0.4, -0.2) is 18.2 Å². The first kappa shape index (κ1) is 14.1. The van der Waals surface area contributed by atoms with Crippen LogP contribution in [0.5, 0.6) is 5.75 Å². The van der Waals surface area contributed by atoms with Gasteiger partial charge in [0.25, 0.3) is 5.91 Å². The van der Waals surface area contributed by atoms with Gasteiger partial charge in [-0.2, -0.15) is 0 Å². The van der Waals surface area contributed by atoms with Crippen molar-refractivity contribution < 1.29 is 14.1 Å². The Bertz CT molecular complexity index is 600. The third-order valence-electron chi connectivity index (χ3n) is 3.21. The van der Waals surface area contributed by atoms with Crippen LogP contribution in [-0.2, 0) is 0 Å². The molecule has 0 unspecified atom stereocenters. The number of methoxy groups -OCH3 is 1. The first-order chi connectivity index (χ1) is 9.54. The molecular formula is C15H18N2O3. The Labute approximate surface area is 117 Å². The van der Waals surface area contributed by atoms with Crippen LogP contribution in [0.3, 0.4) is 0 Å². The van der Waals surface area contributed by atoms with Crippen molar-refractivity contribution in [1.82, 2.24) is 10.5 Å². The van der Waals surface area contributed by atoms with Gasteiger partial charge in [-0.05, 0) is 26.8 Å². The number of rotatable bonds is 4. The van der Waals surface area contributed by atoms with Crippen LogP contribution in [0.2, 0.25) is 0 Å². The molecule has 0 bridgehead atoms. The molecule has 0 fully saturated rings. The second-order valence-corrected chi connectivity index (χ2v) is 4.64. The first-order valence-corrected chi connectivity index (χ1v) is 6.41. The molecule has 0 aliphatic rings. The van der Waals surface area contributed by atoms with Crippen LogP contribution in [0.1, 0.15) is 40.3 Å². The first-order valence-electron chi connectivity index (χ1n) is 6.41. The van der Waals surface area contributed by atoms with Crippen molar-refractivity contribution in [3.63, 3.8) is 0 Å². The summed E-state index contributed by atoms with van der Waals surface area (Å²) in [6, 6.07) is 7.43. The lowest BCUT2D eigenvalue weighted by Crippen LogP contribution is -2.27. The van der Waals surface area contributed by atoms with Crippen molar-refractivity contribution in [1.29, 1.82) is 0 Å². The predicted octanol–water partition coefficient (Wildman–Crippen LogP) is 2.79. The average Bonchev–Trinajstić information content (AvgIpc) is 2.78. The smallest absolute Gasteiger partial charge is 0.257 e. The van der Waals surface area contributed by atoms with Crippen LogP contribution < -0.4 is 10.1 Å². The van der Waals surface area contributed by atoms with Gasteiger partial charge in [-0.1, -0.05) is 23.4 Å². The van der Waals surface area contributed by atoms with Crippen molar-refractivity contribution >= 4 is 5.91 Å². The molecule has 1 heterocycles. The molecule has 2 aromatic rings. The van der Waals surface area contributed by atoms with Crippen LogP contribution in [0.15, 0.2) is 28.8 Å². The number of aromatic nitrogens is 1. The fourth-order valence-electron chi connectivity index (χ4n) is 2.18. The topological polar surface area (TPSA) is 64.4 Å². The van der Waals surface area contributed by atoms with Gasteiger partial charge in [0.1, 0.15) is 17.1 Å². The number of nitrogens with zero attached hydrogens (tertiary/aromatic N) is 1. The molecule has 0 spiro atoms. The molecule has 106 valence electrons. The lowest BCUT2D eigenvalue weighted by molar-refractivity contribution is 0.0937. The second kappa shape index (κ2) is 5.77. The van der Waals surface area contributed by atoms with Gasteiger partial charge in [-0.3, -0.25) is 4.79 Å². The predicted molar refractivity (Wildman–Crippen MR) is 74.9 cm³/mol. The molecule has 1 aromatic heterocycles. The minimum absolute atomic E-state index is 0.174. The van der Waals surface area contributed by atoms with Crippen LogP contribution >= 0.6 is 0 Å². The molecule has 0 aliphatic heterocycles. The number of carbonyl (C=O) groups is 1. The molecule has 0 aliphatic carbocycles. The van der Waals surface area contributed by atoms with Gasteiger partial charge < -0.3 is 14.6 Å². The number of amides is 1. The Balaban J connectivity index is 2.20. The van der Waals surface area contributed by atoms with E-state index < -0.39 is 0 Å². The van der Waals surface area contributed by atoms with E-state index in [-0.39, 0.29) is 11.9 Å². The van der Waals surface area contributed by atoms with Crippen LogP contribution in [0.4, 0.5) is 0 Å². The molecular weight excluding hydrogens is 256 g/mol. The number of benzene rings is 1. The van der Waals surface area contributed by atoms with Gasteiger partial charge in [0.2, 0.25) is 0 Å². The van der Waals surface area contributed by atoms with E-state index in [1.165, 1.54) is 0 Å². The third kappa shape index (κ3) is 2.66. The fourth-order valence-corrected chi connectivity index (χ4v) is 2.18. The molecule has 1 aromatic carbocycles. The summed E-state index contributed by atoms with van der Waals surface area (Å²) < 4.78 is 10.3. The SMILES string of the molecule is COc1ccccc1[C@H](C)NC(=O)c1c(C)noc1C. The summed E-state index contributed by atoms with van der Waals surface area (Å²) in [7, 11) is 1.61. The summed E-state index contributed by atoms with van der Waals surface area (Å²) in [5.74, 6) is 1.07. The normalized spacial score (nSPS) is 12.0. The van der Waals surface area contributed by atoms with Crippen molar-refractivity contribution in [3.05, 3.63) is 46.8 Å². The Morgan fingerprint density at radius 2 is 2.05 bits per heavy atom. The molecule has 2 rings (SSSR count). The highest BCUT2D eigenvalue weighted by molar-refractivity contribution is 5.96. The summed E-state index contributed by atoms with van der Waals surface area (Å²) in [6.45, 7) is 5.38. The van der Waals surface area contributed by atoms with Gasteiger partial charge >= 0.3 is 0 Å². The van der Waals surface area contributed by atoms with Gasteiger partial charge in [0.15, 0.2) is 0 Å². The van der Waals surface area contributed by atoms with Crippen LogP contribution in [0.25, 0.3) is 0 Å². The molecule has 1 atom stereocenters. The van der Waals surface area contributed by atoms with E-state index >= 15 is 0 Å². The van der Waals surface area contributed by atoms with E-state index in [9.17, 15) is 4.79 Å². The number of para-hydroxylation sites is 1. The van der Waals surface area contributed by atoms with Crippen molar-refractivity contribution in [2.45, 2.75) is 26.8 Å². The minimum Gasteiger partial charge on any atom is -0.496 e. The van der Waals surface area contributed by atoms with Crippen molar-refractivity contribution in [3.8, 4) is 5.75 Å². The molecule has 0 saturated carbocycles. The fraction of sp³-hybridized carbons (Fsp3) is 0.333. The van der Waals surface area contributed by atoms with Gasteiger partial charge in [0.05, 0.1) is 18.8 Å². The number of ether oxygens (including phenoxy) is 1. The molecule has 1 amide bonds. The van der Waals surface area contributed by atoms with E-state index in [4.69, 9.17) is 9.26 Å². The molecule has 5 nitrogen and oxygen atoms in total. The second-order valence-electron chi connectivity index (χ2n) is 4.64. The van der Waals surface area contributed by atoms with Crippen molar-refractivity contribution in [2.75, 3.05) is 7.11 Å². The zero-order valence-electron chi connectivity index (χ0n) is 12.1. The van der Waals surface area contributed by atoms with Crippen molar-refractivity contribution in [2.24, 2.45) is 0 Å². The highest BCUT2D eigenvalue weighted by Gasteiger charge is 2.20. The van der Waals surface area contributed by atoms with Crippen LogP contribution in [0, 0.1) is 13.8 Å². The standard InChI is InChI=1S/C15H18N2O3/c1-9(12-7-5-6-8-13(12)19-4)16-15(18)14-10(2)17-20-11(14)3/h5-9H,1-4H3,(H,16,18)/t9-/m0/s1. The van der Waals surface area contributed by atoms with Gasteiger partial charge in [-0.25, -0.2) is 0 Å². The zero-order chi connectivity index (χ0) is 14.7. The maximum atomic E-state index is 12.3. The highest BCUT2D eigenvalue weighted by Crippen LogP contribution is 2.25. The summed E-state index contributed by atoms with van der Waals surface area (Å²) in [5, 5.41) is 6.73. The number of carbonyl (C=O) groups excluding carboxylic acids is 1. The minimum atomic E-state index is -0.195. The zero-order valence-corrected chi connectivity index (χ0v) is 12.1. The summed E-state index contributed by atoms with van der Waals surface area (Å²) >= 11 is 0. The highest BCUT2D eigenvalue weighted by atomic mass is 16.5. The Morgan fingerprint density at radius 1 is 1.35 bits per heavy atom. The van der Waals surface area contributed by atoms with E-state index in [0.29, 0.717) is 17.0 Å². The lowest BCUT2D eigenvalue weighted by Gasteiger charge is -2.17.